The number of hydrogen-bond donors (Lipinski definition) is 2. The van der Waals surface area contributed by atoms with Crippen molar-refractivity contribution < 1.29 is 19.0 Å². The van der Waals surface area contributed by atoms with Gasteiger partial charge in [0, 0.05) is 5.92 Å². The summed E-state index contributed by atoms with van der Waals surface area (Å²) in [6.45, 7) is 5.09. The molecule has 9 heteroatoms. The van der Waals surface area contributed by atoms with Gasteiger partial charge in [0.25, 0.3) is 0 Å². The average Bonchev–Trinajstić information content (AvgIpc) is 3.00. The number of nitrogens with two attached hydrogens (primary N) is 1. The molecular formula is C14H20FN5O3. The monoisotopic (exact) mass is 325 g/mol. The van der Waals surface area contributed by atoms with Crippen molar-refractivity contribution >= 4 is 17.1 Å². The first-order valence-corrected chi connectivity index (χ1v) is 7.48. The Bertz CT molecular complexity index is 720. The third-order valence-corrected chi connectivity index (χ3v) is 4.35. The fraction of sp³-hybridized carbons (Fsp3) is 0.643. The van der Waals surface area contributed by atoms with Crippen LogP contribution in [0.1, 0.15) is 27.0 Å². The number of nitrogen functional groups attached to an aromatic ring is 1. The van der Waals surface area contributed by atoms with Crippen molar-refractivity contribution in [3.8, 4) is 5.88 Å². The fourth-order valence-corrected chi connectivity index (χ4v) is 2.86. The van der Waals surface area contributed by atoms with Gasteiger partial charge in [-0.05, 0) is 13.8 Å². The Hall–Kier alpha value is -2.00. The molecule has 1 fully saturated rings. The van der Waals surface area contributed by atoms with Crippen molar-refractivity contribution in [3.05, 3.63) is 6.33 Å². The van der Waals surface area contributed by atoms with E-state index >= 15 is 4.39 Å². The van der Waals surface area contributed by atoms with Crippen LogP contribution in [0.3, 0.4) is 0 Å². The quantitative estimate of drug-likeness (QED) is 0.865. The highest BCUT2D eigenvalue weighted by atomic mass is 19.1. The summed E-state index contributed by atoms with van der Waals surface area (Å²) >= 11 is 0. The van der Waals surface area contributed by atoms with Crippen molar-refractivity contribution in [2.24, 2.45) is 5.92 Å². The molecule has 1 aliphatic rings. The van der Waals surface area contributed by atoms with Crippen molar-refractivity contribution in [3.63, 3.8) is 0 Å². The number of aliphatic hydroxyl groups is 1. The molecule has 0 saturated carbocycles. The predicted molar refractivity (Wildman–Crippen MR) is 80.6 cm³/mol. The fourth-order valence-electron chi connectivity index (χ4n) is 2.86. The van der Waals surface area contributed by atoms with Crippen LogP contribution in [0.5, 0.6) is 5.88 Å². The second-order valence-electron chi connectivity index (χ2n) is 5.79. The Morgan fingerprint density at radius 2 is 2.26 bits per heavy atom. The van der Waals surface area contributed by atoms with E-state index in [9.17, 15) is 5.11 Å². The Morgan fingerprint density at radius 1 is 1.52 bits per heavy atom. The first-order chi connectivity index (χ1) is 10.9. The third kappa shape index (κ3) is 2.40. The van der Waals surface area contributed by atoms with Gasteiger partial charge < -0.3 is 20.3 Å². The first-order valence-electron chi connectivity index (χ1n) is 7.48. The molecule has 23 heavy (non-hydrogen) atoms. The van der Waals surface area contributed by atoms with Crippen molar-refractivity contribution in [1.29, 1.82) is 0 Å². The molecule has 2 aromatic rings. The third-order valence-electron chi connectivity index (χ3n) is 4.35. The second kappa shape index (κ2) is 5.57. The number of ether oxygens (including phenoxy) is 2. The molecule has 0 radical (unpaired) electrons. The SMILES string of the molecule is CCOc1nc(N)nc2c1ncn2[C@@H]1O[C@H](CO)[C@@H](C)[C@@]1(C)F. The Labute approximate surface area is 132 Å². The van der Waals surface area contributed by atoms with Crippen LogP contribution in [-0.2, 0) is 4.74 Å². The van der Waals surface area contributed by atoms with Crippen LogP contribution in [0.4, 0.5) is 10.3 Å². The molecule has 0 aliphatic carbocycles. The summed E-state index contributed by atoms with van der Waals surface area (Å²) in [6, 6.07) is 0. The predicted octanol–water partition coefficient (Wildman–Crippen LogP) is 1.06. The molecule has 0 aromatic carbocycles. The van der Waals surface area contributed by atoms with Gasteiger partial charge in [0.05, 0.1) is 25.6 Å². The van der Waals surface area contributed by atoms with E-state index in [-0.39, 0.29) is 18.4 Å². The summed E-state index contributed by atoms with van der Waals surface area (Å²) in [5.41, 5.74) is 4.73. The molecule has 3 heterocycles. The van der Waals surface area contributed by atoms with Gasteiger partial charge in [-0.25, -0.2) is 9.37 Å². The Balaban J connectivity index is 2.10. The van der Waals surface area contributed by atoms with Crippen LogP contribution in [0, 0.1) is 5.92 Å². The Kier molecular flexibility index (Phi) is 3.85. The van der Waals surface area contributed by atoms with Gasteiger partial charge in [-0.2, -0.15) is 9.97 Å². The van der Waals surface area contributed by atoms with Crippen LogP contribution in [0.25, 0.3) is 11.2 Å². The van der Waals surface area contributed by atoms with Crippen LogP contribution >= 0.6 is 0 Å². The van der Waals surface area contributed by atoms with Crippen molar-refractivity contribution in [1.82, 2.24) is 19.5 Å². The molecule has 3 N–H and O–H groups in total. The molecule has 1 aliphatic heterocycles. The highest BCUT2D eigenvalue weighted by molar-refractivity contribution is 5.77. The summed E-state index contributed by atoms with van der Waals surface area (Å²) in [7, 11) is 0. The number of halogens is 1. The number of aromatic nitrogens is 4. The number of fused-ring (bicyclic) bond motifs is 1. The average molecular weight is 325 g/mol. The number of alkyl halides is 1. The minimum absolute atomic E-state index is 0.00742. The molecular weight excluding hydrogens is 305 g/mol. The van der Waals surface area contributed by atoms with Gasteiger partial charge in [-0.3, -0.25) is 4.57 Å². The van der Waals surface area contributed by atoms with Gasteiger partial charge in [-0.15, -0.1) is 0 Å². The van der Waals surface area contributed by atoms with E-state index in [1.807, 2.05) is 6.92 Å². The van der Waals surface area contributed by atoms with E-state index in [1.165, 1.54) is 17.8 Å². The van der Waals surface area contributed by atoms with Crippen LogP contribution in [0.15, 0.2) is 6.33 Å². The lowest BCUT2D eigenvalue weighted by atomic mass is 9.90. The largest absolute Gasteiger partial charge is 0.476 e. The molecule has 126 valence electrons. The van der Waals surface area contributed by atoms with Crippen LogP contribution in [-0.4, -0.2) is 49.6 Å². The summed E-state index contributed by atoms with van der Waals surface area (Å²) < 4.78 is 27.7. The van der Waals surface area contributed by atoms with Gasteiger partial charge >= 0.3 is 0 Å². The minimum Gasteiger partial charge on any atom is -0.476 e. The van der Waals surface area contributed by atoms with Crippen molar-refractivity contribution in [2.75, 3.05) is 18.9 Å². The van der Waals surface area contributed by atoms with Crippen molar-refractivity contribution in [2.45, 2.75) is 38.8 Å². The molecule has 3 rings (SSSR count). The van der Waals surface area contributed by atoms with E-state index in [1.54, 1.807) is 6.92 Å². The lowest BCUT2D eigenvalue weighted by Crippen LogP contribution is -2.34. The van der Waals surface area contributed by atoms with Crippen LogP contribution < -0.4 is 10.5 Å². The zero-order chi connectivity index (χ0) is 16.8. The highest BCUT2D eigenvalue weighted by Gasteiger charge is 2.53. The second-order valence-corrected chi connectivity index (χ2v) is 5.79. The van der Waals surface area contributed by atoms with E-state index in [0.29, 0.717) is 17.8 Å². The summed E-state index contributed by atoms with van der Waals surface area (Å²) in [6.07, 6.45) is -0.141. The van der Waals surface area contributed by atoms with Gasteiger partial charge in [-0.1, -0.05) is 6.92 Å². The molecule has 1 saturated heterocycles. The summed E-state index contributed by atoms with van der Waals surface area (Å²) in [4.78, 5) is 12.4. The Morgan fingerprint density at radius 3 is 2.87 bits per heavy atom. The minimum atomic E-state index is -1.70. The maximum Gasteiger partial charge on any atom is 0.247 e. The van der Waals surface area contributed by atoms with E-state index < -0.39 is 23.9 Å². The van der Waals surface area contributed by atoms with Gasteiger partial charge in [0.2, 0.25) is 11.8 Å². The maximum atomic E-state index is 15.2. The number of rotatable bonds is 4. The molecule has 8 nitrogen and oxygen atoms in total. The molecule has 0 unspecified atom stereocenters. The molecule has 2 aromatic heterocycles. The number of imidazole rings is 1. The number of aliphatic hydroxyl groups excluding tert-OH is 1. The lowest BCUT2D eigenvalue weighted by molar-refractivity contribution is -0.0565. The summed E-state index contributed by atoms with van der Waals surface area (Å²) in [5, 5.41) is 9.37. The van der Waals surface area contributed by atoms with Gasteiger partial charge in [0.15, 0.2) is 23.1 Å². The smallest absolute Gasteiger partial charge is 0.247 e. The summed E-state index contributed by atoms with van der Waals surface area (Å²) in [5.74, 6) is -0.229. The molecule has 0 amide bonds. The number of anilines is 1. The standard InChI is InChI=1S/C14H20FN5O3/c1-4-22-11-9-10(18-13(16)19-11)20(6-17-9)12-14(3,15)7(2)8(5-21)23-12/h6-8,12,21H,4-5H2,1-3H3,(H2,16,18,19)/t7-,8-,12-,14-/m1/s1. The normalized spacial score (nSPS) is 30.9. The molecule has 0 spiro atoms. The number of nitrogens with zero attached hydrogens (tertiary/aromatic N) is 4. The van der Waals surface area contributed by atoms with E-state index in [0.717, 1.165) is 0 Å². The zero-order valence-electron chi connectivity index (χ0n) is 13.2. The van der Waals surface area contributed by atoms with Gasteiger partial charge in [0.1, 0.15) is 0 Å². The lowest BCUT2D eigenvalue weighted by Gasteiger charge is -2.25. The first kappa shape index (κ1) is 15.9. The van der Waals surface area contributed by atoms with E-state index in [2.05, 4.69) is 15.0 Å². The van der Waals surface area contributed by atoms with Crippen LogP contribution in [0.2, 0.25) is 0 Å². The zero-order valence-corrected chi connectivity index (χ0v) is 13.2. The number of hydrogen-bond acceptors (Lipinski definition) is 7. The van der Waals surface area contributed by atoms with E-state index in [4.69, 9.17) is 15.2 Å². The topological polar surface area (TPSA) is 108 Å². The highest BCUT2D eigenvalue weighted by Crippen LogP contribution is 2.46. The maximum absolute atomic E-state index is 15.2. The molecule has 0 bridgehead atoms. The molecule has 4 atom stereocenters.